The molecule has 12 heteroatoms. The zero-order valence-electron chi connectivity index (χ0n) is 52.7. The Morgan fingerprint density at radius 1 is 0.280 bits per heavy atom. The summed E-state index contributed by atoms with van der Waals surface area (Å²) in [6.07, 6.45) is 0. The number of rotatable bonds is 0. The molecular formula is C88H44N8O4. The second kappa shape index (κ2) is 21.0. The summed E-state index contributed by atoms with van der Waals surface area (Å²) in [6.45, 7) is 8.52. The van der Waals surface area contributed by atoms with Crippen LogP contribution >= 0.6 is 0 Å². The van der Waals surface area contributed by atoms with E-state index in [2.05, 4.69) is 118 Å². The van der Waals surface area contributed by atoms with Gasteiger partial charge in [-0.25, -0.2) is 0 Å². The number of nitrogens with zero attached hydrogens (tertiary/aromatic N) is 8. The number of hydrogen-bond acceptors (Lipinski definition) is 9. The summed E-state index contributed by atoms with van der Waals surface area (Å²) in [7, 11) is 0. The van der Waals surface area contributed by atoms with Gasteiger partial charge >= 0.3 is 0 Å². The van der Waals surface area contributed by atoms with Crippen molar-refractivity contribution >= 4 is 199 Å². The van der Waals surface area contributed by atoms with Crippen molar-refractivity contribution in [2.75, 3.05) is 4.90 Å². The molecule has 0 spiro atoms. The number of fused-ring (bicyclic) bond motifs is 10. The third-order valence-corrected chi connectivity index (χ3v) is 20.4. The van der Waals surface area contributed by atoms with Crippen molar-refractivity contribution in [2.24, 2.45) is 0 Å². The van der Waals surface area contributed by atoms with Gasteiger partial charge in [0.1, 0.15) is 35.4 Å². The molecule has 0 N–H and O–H groups in total. The first-order chi connectivity index (χ1) is 49.0. The van der Waals surface area contributed by atoms with Crippen LogP contribution in [0, 0.1) is 45.3 Å². The summed E-state index contributed by atoms with van der Waals surface area (Å²) < 4.78 is 6.34. The molecule has 0 radical (unpaired) electrons. The highest BCUT2D eigenvalue weighted by atomic mass is 16.1. The molecule has 0 aliphatic carbocycles. The third kappa shape index (κ3) is 7.70. The second-order valence-electron chi connectivity index (χ2n) is 25.4. The predicted octanol–water partition coefficient (Wildman–Crippen LogP) is 15.6. The van der Waals surface area contributed by atoms with Crippen molar-refractivity contribution in [1.82, 2.24) is 13.2 Å². The molecule has 0 fully saturated rings. The fourth-order valence-corrected chi connectivity index (χ4v) is 16.3. The number of aromatic nitrogens is 3. The molecule has 3 aliphatic heterocycles. The molecule has 0 unspecified atom stereocenters. The third-order valence-electron chi connectivity index (χ3n) is 20.4. The van der Waals surface area contributed by atoms with Crippen molar-refractivity contribution in [3.05, 3.63) is 304 Å². The van der Waals surface area contributed by atoms with E-state index in [4.69, 9.17) is 0 Å². The molecule has 9 aromatic heterocycles. The molecule has 12 heterocycles. The van der Waals surface area contributed by atoms with Crippen LogP contribution in [-0.4, -0.2) is 13.2 Å². The highest BCUT2D eigenvalue weighted by Gasteiger charge is 2.29. The molecular weight excluding hydrogens is 1230 g/mol. The first-order valence-electron chi connectivity index (χ1n) is 32.3. The van der Waals surface area contributed by atoms with Gasteiger partial charge in [-0.2, -0.15) is 21.0 Å². The largest absolute Gasteiger partial charge is 0.308 e. The number of anilines is 3. The standard InChI is InChI=1S/C26H13N3.C22H11N3.C22H11NO2.C18H9NO2/c1-15-11-23-20-9-2-5-16-6-3-10-21(25(16)20)24-12-22(17(13-27)14-28)19-8-4-7-18(15)26(19)29(23)24;1-13-9-20-16-5-2-3-6-17(16)21-10-19(14(11-23)12-24)18-8-4-7-15(13)22(18)25(20)21;24-19-10-17-13-6-1-4-12-5-2-7-14(21(12)13)18-11-20(25)16-9-3-8-15(19)22(16)23(17)18;20-16-8-14-10-4-1-2-5-11(10)15-9-17(21)13-7-3-6-12(16)18(13)19(14)15/h2-12H,1H2;2-10H,1H2;1-11H;1-9H. The van der Waals surface area contributed by atoms with E-state index >= 15 is 0 Å². The Morgan fingerprint density at radius 2 is 0.580 bits per heavy atom. The lowest BCUT2D eigenvalue weighted by molar-refractivity contribution is 1.29. The Labute approximate surface area is 563 Å². The van der Waals surface area contributed by atoms with E-state index < -0.39 is 0 Å². The van der Waals surface area contributed by atoms with E-state index in [1.54, 1.807) is 60.7 Å². The Hall–Kier alpha value is -14.6. The summed E-state index contributed by atoms with van der Waals surface area (Å²) in [5.74, 6) is 0. The lowest BCUT2D eigenvalue weighted by atomic mass is 9.91. The molecule has 0 saturated heterocycles. The summed E-state index contributed by atoms with van der Waals surface area (Å²) in [5.41, 5.74) is 11.2. The van der Waals surface area contributed by atoms with Gasteiger partial charge in [0.2, 0.25) is 0 Å². The molecule has 0 amide bonds. The second-order valence-corrected chi connectivity index (χ2v) is 25.4. The van der Waals surface area contributed by atoms with Crippen molar-refractivity contribution in [3.8, 4) is 24.3 Å². The van der Waals surface area contributed by atoms with E-state index in [0.29, 0.717) is 32.0 Å². The van der Waals surface area contributed by atoms with Crippen molar-refractivity contribution < 1.29 is 0 Å². The Bertz CT molecular complexity index is 7700. The van der Waals surface area contributed by atoms with Gasteiger partial charge in [0.15, 0.2) is 21.7 Å². The van der Waals surface area contributed by atoms with E-state index in [1.807, 2.05) is 120 Å². The Morgan fingerprint density at radius 3 is 1.03 bits per heavy atom. The van der Waals surface area contributed by atoms with Gasteiger partial charge in [-0.05, 0) is 69.7 Å². The SMILES string of the molecule is C=c1cc2c3cccc4cccc(c5cc(=C(C#N)C#N)c6cccc1c6N25)c43.C=c1cc2c3ccccc3c3cc(=C(C#N)C#N)c4cccc1c4n23.O=c1cc2c3cccc4cccc(c43)c3cc(=O)c4cccc1c4n23.O=c1cc2c3ccccc3c3cc(=O)c4cccc1c4n23. The van der Waals surface area contributed by atoms with Crippen LogP contribution in [0.5, 0.6) is 0 Å². The number of pyridine rings is 7. The molecule has 3 aliphatic rings. The Balaban J connectivity index is 0.0000000933. The minimum Gasteiger partial charge on any atom is -0.308 e. The summed E-state index contributed by atoms with van der Waals surface area (Å²) in [4.78, 5) is 52.5. The smallest absolute Gasteiger partial charge is 0.190 e. The molecule has 19 aromatic rings. The monoisotopic (exact) mass is 1280 g/mol. The highest BCUT2D eigenvalue weighted by Crippen LogP contribution is 2.50. The van der Waals surface area contributed by atoms with Crippen molar-refractivity contribution in [1.29, 1.82) is 21.0 Å². The fraction of sp³-hybridized carbons (Fsp3) is 0. The predicted molar refractivity (Wildman–Crippen MR) is 405 cm³/mol. The average Bonchev–Trinajstić information content (AvgIpc) is 0.943. The first-order valence-corrected chi connectivity index (χ1v) is 32.3. The molecule has 0 atom stereocenters. The summed E-state index contributed by atoms with van der Waals surface area (Å²) in [5, 5.41) is 60.7. The van der Waals surface area contributed by atoms with Gasteiger partial charge in [0, 0.05) is 132 Å². The van der Waals surface area contributed by atoms with E-state index in [-0.39, 0.29) is 32.9 Å². The maximum absolute atomic E-state index is 12.7. The zero-order chi connectivity index (χ0) is 67.7. The molecule has 0 bridgehead atoms. The van der Waals surface area contributed by atoms with Gasteiger partial charge < -0.3 is 18.1 Å². The maximum atomic E-state index is 12.7. The fourth-order valence-electron chi connectivity index (χ4n) is 16.3. The number of para-hydroxylation sites is 4. The van der Waals surface area contributed by atoms with Crippen LogP contribution in [0.15, 0.2) is 262 Å². The summed E-state index contributed by atoms with van der Waals surface area (Å²) >= 11 is 0. The van der Waals surface area contributed by atoms with E-state index in [1.165, 1.54) is 16.2 Å². The Kier molecular flexibility index (Phi) is 11.9. The molecule has 10 aromatic carbocycles. The van der Waals surface area contributed by atoms with Crippen LogP contribution in [-0.2, 0) is 0 Å². The van der Waals surface area contributed by atoms with Gasteiger partial charge in [-0.1, -0.05) is 183 Å². The van der Waals surface area contributed by atoms with Crippen molar-refractivity contribution in [2.45, 2.75) is 0 Å². The quantitative estimate of drug-likeness (QED) is 0.105. The first kappa shape index (κ1) is 56.9. The molecule has 0 saturated carbocycles. The van der Waals surface area contributed by atoms with Crippen LogP contribution in [0.4, 0.5) is 17.1 Å². The van der Waals surface area contributed by atoms with Crippen LogP contribution in [0.3, 0.4) is 0 Å². The topological polar surface area (TPSA) is 180 Å². The van der Waals surface area contributed by atoms with E-state index in [9.17, 15) is 40.2 Å². The minimum atomic E-state index is -0.0477. The molecule has 100 heavy (non-hydrogen) atoms. The van der Waals surface area contributed by atoms with E-state index in [0.717, 1.165) is 147 Å². The maximum Gasteiger partial charge on any atom is 0.190 e. The lowest BCUT2D eigenvalue weighted by Crippen LogP contribution is -2.25. The minimum absolute atomic E-state index is 0.0381. The lowest BCUT2D eigenvalue weighted by Gasteiger charge is -2.35. The van der Waals surface area contributed by atoms with Crippen LogP contribution in [0.25, 0.3) is 182 Å². The number of benzene rings is 10. The number of hydrogen-bond donors (Lipinski definition) is 0. The molecule has 22 rings (SSSR count). The van der Waals surface area contributed by atoms with Gasteiger partial charge in [-0.15, -0.1) is 0 Å². The normalized spacial score (nSPS) is 12.0. The summed E-state index contributed by atoms with van der Waals surface area (Å²) in [6, 6.07) is 86.8. The molecule has 460 valence electrons. The van der Waals surface area contributed by atoms with Crippen molar-refractivity contribution in [3.63, 3.8) is 0 Å². The molecule has 12 nitrogen and oxygen atoms in total. The van der Waals surface area contributed by atoms with Gasteiger partial charge in [0.25, 0.3) is 0 Å². The van der Waals surface area contributed by atoms with Gasteiger partial charge in [0.05, 0.1) is 66.7 Å². The van der Waals surface area contributed by atoms with Crippen LogP contribution < -0.4 is 47.5 Å². The van der Waals surface area contributed by atoms with Crippen LogP contribution in [0.1, 0.15) is 0 Å². The zero-order valence-corrected chi connectivity index (χ0v) is 52.7. The highest BCUT2D eigenvalue weighted by molar-refractivity contribution is 6.26. The average molecular weight is 1280 g/mol. The van der Waals surface area contributed by atoms with Gasteiger partial charge in [-0.3, -0.25) is 19.2 Å². The number of nitriles is 4. The van der Waals surface area contributed by atoms with Crippen LogP contribution in [0.2, 0.25) is 0 Å².